The lowest BCUT2D eigenvalue weighted by atomic mass is 10.1. The molecule has 0 saturated carbocycles. The zero-order valence-electron chi connectivity index (χ0n) is 17.7. The molecule has 0 bridgehead atoms. The number of aryl methyl sites for hydroxylation is 1. The summed E-state index contributed by atoms with van der Waals surface area (Å²) < 4.78 is 6.46. The molecule has 0 unspecified atom stereocenters. The SMILES string of the molecule is Cc1cc(NC(=O)c2ccc(OCC(C)C)c(Br)c2)ccc1NC(=O)c1ccccc1. The molecule has 3 aromatic carbocycles. The lowest BCUT2D eigenvalue weighted by molar-refractivity contribution is 0.101. The van der Waals surface area contributed by atoms with E-state index in [1.165, 1.54) is 0 Å². The minimum Gasteiger partial charge on any atom is -0.492 e. The van der Waals surface area contributed by atoms with Crippen molar-refractivity contribution in [1.82, 2.24) is 0 Å². The van der Waals surface area contributed by atoms with E-state index in [4.69, 9.17) is 4.74 Å². The summed E-state index contributed by atoms with van der Waals surface area (Å²) in [4.78, 5) is 25.0. The second-order valence-electron chi connectivity index (χ2n) is 7.65. The van der Waals surface area contributed by atoms with Gasteiger partial charge in [-0.15, -0.1) is 0 Å². The number of halogens is 1. The van der Waals surface area contributed by atoms with Gasteiger partial charge in [0, 0.05) is 22.5 Å². The lowest BCUT2D eigenvalue weighted by Gasteiger charge is -2.13. The average Bonchev–Trinajstić information content (AvgIpc) is 2.75. The van der Waals surface area contributed by atoms with Crippen molar-refractivity contribution in [2.45, 2.75) is 20.8 Å². The van der Waals surface area contributed by atoms with E-state index >= 15 is 0 Å². The molecule has 0 aliphatic heterocycles. The van der Waals surface area contributed by atoms with E-state index in [0.717, 1.165) is 10.0 Å². The highest BCUT2D eigenvalue weighted by Gasteiger charge is 2.12. The van der Waals surface area contributed by atoms with Gasteiger partial charge in [0.15, 0.2) is 0 Å². The zero-order chi connectivity index (χ0) is 22.4. The molecule has 0 aromatic heterocycles. The normalized spacial score (nSPS) is 10.6. The Labute approximate surface area is 191 Å². The number of hydrogen-bond acceptors (Lipinski definition) is 3. The van der Waals surface area contributed by atoms with Gasteiger partial charge in [-0.3, -0.25) is 9.59 Å². The van der Waals surface area contributed by atoms with Crippen LogP contribution in [-0.4, -0.2) is 18.4 Å². The van der Waals surface area contributed by atoms with Crippen LogP contribution in [0, 0.1) is 12.8 Å². The number of hydrogen-bond donors (Lipinski definition) is 2. The predicted molar refractivity (Wildman–Crippen MR) is 128 cm³/mol. The Morgan fingerprint density at radius 1 is 0.903 bits per heavy atom. The van der Waals surface area contributed by atoms with Gasteiger partial charge in [0.25, 0.3) is 11.8 Å². The Morgan fingerprint density at radius 3 is 2.26 bits per heavy atom. The number of carbonyl (C=O) groups is 2. The Balaban J connectivity index is 1.66. The number of benzene rings is 3. The summed E-state index contributed by atoms with van der Waals surface area (Å²) >= 11 is 3.47. The van der Waals surface area contributed by atoms with Gasteiger partial charge in [-0.05, 0) is 82.9 Å². The first kappa shape index (κ1) is 22.6. The summed E-state index contributed by atoms with van der Waals surface area (Å²) in [5.41, 5.74) is 3.30. The molecule has 31 heavy (non-hydrogen) atoms. The molecule has 3 aromatic rings. The Bertz CT molecular complexity index is 1080. The van der Waals surface area contributed by atoms with Crippen molar-refractivity contribution in [2.75, 3.05) is 17.2 Å². The molecule has 0 atom stereocenters. The van der Waals surface area contributed by atoms with Crippen molar-refractivity contribution in [3.8, 4) is 5.75 Å². The maximum Gasteiger partial charge on any atom is 0.255 e. The number of anilines is 2. The summed E-state index contributed by atoms with van der Waals surface area (Å²) in [6, 6.07) is 19.7. The van der Waals surface area contributed by atoms with Crippen LogP contribution < -0.4 is 15.4 Å². The Morgan fingerprint density at radius 2 is 1.61 bits per heavy atom. The molecule has 0 fully saturated rings. The third-order valence-corrected chi connectivity index (χ3v) is 5.15. The van der Waals surface area contributed by atoms with Crippen LogP contribution in [0.2, 0.25) is 0 Å². The van der Waals surface area contributed by atoms with E-state index in [9.17, 15) is 9.59 Å². The van der Waals surface area contributed by atoms with E-state index in [2.05, 4.69) is 40.4 Å². The standard InChI is InChI=1S/C25H25BrN2O3/c1-16(2)15-31-23-12-9-19(14-21(23)26)25(30)27-20-10-11-22(17(3)13-20)28-24(29)18-7-5-4-6-8-18/h4-14,16H,15H2,1-3H3,(H,27,30)(H,28,29). The number of carbonyl (C=O) groups excluding carboxylic acids is 2. The van der Waals surface area contributed by atoms with Gasteiger partial charge >= 0.3 is 0 Å². The van der Waals surface area contributed by atoms with Crippen molar-refractivity contribution in [3.63, 3.8) is 0 Å². The maximum absolute atomic E-state index is 12.7. The number of rotatable bonds is 7. The highest BCUT2D eigenvalue weighted by atomic mass is 79.9. The van der Waals surface area contributed by atoms with E-state index in [1.54, 1.807) is 42.5 Å². The van der Waals surface area contributed by atoms with Crippen LogP contribution in [0.5, 0.6) is 5.75 Å². The van der Waals surface area contributed by atoms with Crippen LogP contribution >= 0.6 is 15.9 Å². The molecule has 0 spiro atoms. The summed E-state index contributed by atoms with van der Waals surface area (Å²) in [7, 11) is 0. The first-order valence-corrected chi connectivity index (χ1v) is 10.8. The molecule has 2 amide bonds. The second-order valence-corrected chi connectivity index (χ2v) is 8.51. The third kappa shape index (κ3) is 6.18. The summed E-state index contributed by atoms with van der Waals surface area (Å²) in [6.45, 7) is 6.65. The smallest absolute Gasteiger partial charge is 0.255 e. The summed E-state index contributed by atoms with van der Waals surface area (Å²) in [5, 5.41) is 5.80. The predicted octanol–water partition coefficient (Wildman–Crippen LogP) is 6.30. The van der Waals surface area contributed by atoms with Crippen LogP contribution in [0.4, 0.5) is 11.4 Å². The highest BCUT2D eigenvalue weighted by molar-refractivity contribution is 9.10. The van der Waals surface area contributed by atoms with Gasteiger partial charge in [0.1, 0.15) is 5.75 Å². The lowest BCUT2D eigenvalue weighted by Crippen LogP contribution is -2.14. The number of amides is 2. The highest BCUT2D eigenvalue weighted by Crippen LogP contribution is 2.27. The molecule has 3 rings (SSSR count). The van der Waals surface area contributed by atoms with E-state index in [-0.39, 0.29) is 11.8 Å². The molecule has 6 heteroatoms. The monoisotopic (exact) mass is 480 g/mol. The van der Waals surface area contributed by atoms with Gasteiger partial charge in [-0.2, -0.15) is 0 Å². The summed E-state index contributed by atoms with van der Waals surface area (Å²) in [6.07, 6.45) is 0. The van der Waals surface area contributed by atoms with Gasteiger partial charge in [-0.25, -0.2) is 0 Å². The minimum absolute atomic E-state index is 0.176. The van der Waals surface area contributed by atoms with Crippen molar-refractivity contribution in [1.29, 1.82) is 0 Å². The molecule has 160 valence electrons. The molecule has 0 heterocycles. The largest absolute Gasteiger partial charge is 0.492 e. The van der Waals surface area contributed by atoms with Crippen molar-refractivity contribution >= 4 is 39.1 Å². The average molecular weight is 481 g/mol. The van der Waals surface area contributed by atoms with Gasteiger partial charge in [-0.1, -0.05) is 32.0 Å². The zero-order valence-corrected chi connectivity index (χ0v) is 19.3. The fourth-order valence-electron chi connectivity index (χ4n) is 2.88. The summed E-state index contributed by atoms with van der Waals surface area (Å²) in [5.74, 6) is 0.722. The first-order chi connectivity index (χ1) is 14.8. The number of nitrogens with one attached hydrogen (secondary N) is 2. The van der Waals surface area contributed by atoms with Crippen LogP contribution in [0.15, 0.2) is 71.2 Å². The van der Waals surface area contributed by atoms with E-state index in [0.29, 0.717) is 40.8 Å². The van der Waals surface area contributed by atoms with E-state index < -0.39 is 0 Å². The van der Waals surface area contributed by atoms with Crippen LogP contribution in [-0.2, 0) is 0 Å². The van der Waals surface area contributed by atoms with Gasteiger partial charge in [0.05, 0.1) is 11.1 Å². The molecule has 0 aliphatic rings. The molecule has 0 aliphatic carbocycles. The van der Waals surface area contributed by atoms with Gasteiger partial charge < -0.3 is 15.4 Å². The Kier molecular flexibility index (Phi) is 7.47. The van der Waals surface area contributed by atoms with Crippen LogP contribution in [0.1, 0.15) is 40.1 Å². The topological polar surface area (TPSA) is 67.4 Å². The van der Waals surface area contributed by atoms with Crippen LogP contribution in [0.3, 0.4) is 0 Å². The second kappa shape index (κ2) is 10.3. The molecule has 0 saturated heterocycles. The molecular formula is C25H25BrN2O3. The fraction of sp³-hybridized carbons (Fsp3) is 0.200. The quantitative estimate of drug-likeness (QED) is 0.417. The van der Waals surface area contributed by atoms with Gasteiger partial charge in [0.2, 0.25) is 0 Å². The molecule has 2 N–H and O–H groups in total. The fourth-order valence-corrected chi connectivity index (χ4v) is 3.38. The Hall–Kier alpha value is -3.12. The minimum atomic E-state index is -0.225. The van der Waals surface area contributed by atoms with Crippen molar-refractivity contribution in [2.24, 2.45) is 5.92 Å². The van der Waals surface area contributed by atoms with Crippen molar-refractivity contribution in [3.05, 3.63) is 87.9 Å². The molecule has 5 nitrogen and oxygen atoms in total. The number of ether oxygens (including phenoxy) is 1. The molecule has 0 radical (unpaired) electrons. The molecular weight excluding hydrogens is 456 g/mol. The van der Waals surface area contributed by atoms with Crippen LogP contribution in [0.25, 0.3) is 0 Å². The maximum atomic E-state index is 12.7. The first-order valence-electron chi connectivity index (χ1n) is 10.0. The third-order valence-electron chi connectivity index (χ3n) is 4.53. The van der Waals surface area contributed by atoms with E-state index in [1.807, 2.05) is 31.2 Å². The van der Waals surface area contributed by atoms with Crippen molar-refractivity contribution < 1.29 is 14.3 Å².